The van der Waals surface area contributed by atoms with E-state index in [0.717, 1.165) is 57.2 Å². The Morgan fingerprint density at radius 2 is 1.82 bits per heavy atom. The SMILES string of the molecule is CC=CN1CCN(c2nc(OCC3(CN4CCCC4)CCC3)nc3c2CCN(c2cccc4ccccc24)C3)CC1CC#N. The number of rotatable bonds is 9. The summed E-state index contributed by atoms with van der Waals surface area (Å²) in [5.74, 6) is 1.01. The van der Waals surface area contributed by atoms with E-state index in [-0.39, 0.29) is 11.5 Å². The number of benzene rings is 2. The van der Waals surface area contributed by atoms with Crippen molar-refractivity contribution in [1.82, 2.24) is 19.8 Å². The number of piperazine rings is 1. The molecule has 1 unspecified atom stereocenters. The van der Waals surface area contributed by atoms with Crippen molar-refractivity contribution in [3.8, 4) is 12.1 Å². The Morgan fingerprint density at radius 1 is 0.977 bits per heavy atom. The van der Waals surface area contributed by atoms with Gasteiger partial charge in [0.25, 0.3) is 0 Å². The van der Waals surface area contributed by atoms with Crippen LogP contribution in [0, 0.1) is 16.7 Å². The Hall–Kier alpha value is -3.83. The van der Waals surface area contributed by atoms with Gasteiger partial charge in [0.2, 0.25) is 0 Å². The number of hydrogen-bond acceptors (Lipinski definition) is 8. The Morgan fingerprint density at radius 3 is 2.61 bits per heavy atom. The fourth-order valence-corrected chi connectivity index (χ4v) is 7.80. The first-order valence-corrected chi connectivity index (χ1v) is 16.6. The maximum atomic E-state index is 9.61. The quantitative estimate of drug-likeness (QED) is 0.310. The predicted octanol–water partition coefficient (Wildman–Crippen LogP) is 5.78. The highest BCUT2D eigenvalue weighted by atomic mass is 16.5. The summed E-state index contributed by atoms with van der Waals surface area (Å²) in [7, 11) is 0. The first kappa shape index (κ1) is 28.9. The van der Waals surface area contributed by atoms with E-state index < -0.39 is 0 Å². The molecule has 2 saturated heterocycles. The number of ether oxygens (including phenoxy) is 1. The van der Waals surface area contributed by atoms with E-state index in [4.69, 9.17) is 14.7 Å². The lowest BCUT2D eigenvalue weighted by Gasteiger charge is -2.44. The number of fused-ring (bicyclic) bond motifs is 2. The second kappa shape index (κ2) is 12.6. The van der Waals surface area contributed by atoms with Crippen LogP contribution in [0.25, 0.3) is 10.8 Å². The van der Waals surface area contributed by atoms with E-state index in [9.17, 15) is 5.26 Å². The molecule has 7 rings (SSSR count). The Balaban J connectivity index is 1.19. The van der Waals surface area contributed by atoms with Crippen LogP contribution in [0.1, 0.15) is 56.7 Å². The molecule has 8 nitrogen and oxygen atoms in total. The molecule has 44 heavy (non-hydrogen) atoms. The Labute approximate surface area is 261 Å². The molecule has 0 bridgehead atoms. The molecule has 230 valence electrons. The number of allylic oxidation sites excluding steroid dienone is 1. The van der Waals surface area contributed by atoms with Crippen molar-refractivity contribution in [2.24, 2.45) is 5.41 Å². The van der Waals surface area contributed by atoms with E-state index in [1.54, 1.807) is 0 Å². The average Bonchev–Trinajstić information content (AvgIpc) is 3.55. The first-order chi connectivity index (χ1) is 21.6. The number of nitrogens with zero attached hydrogens (tertiary/aromatic N) is 7. The smallest absolute Gasteiger partial charge is 0.318 e. The van der Waals surface area contributed by atoms with Gasteiger partial charge in [-0.3, -0.25) is 0 Å². The van der Waals surface area contributed by atoms with Crippen LogP contribution >= 0.6 is 0 Å². The molecule has 4 heterocycles. The van der Waals surface area contributed by atoms with Crippen molar-refractivity contribution < 1.29 is 4.74 Å². The predicted molar refractivity (Wildman–Crippen MR) is 176 cm³/mol. The maximum Gasteiger partial charge on any atom is 0.318 e. The molecule has 1 aromatic heterocycles. The minimum atomic E-state index is 0.134. The first-order valence-electron chi connectivity index (χ1n) is 16.6. The fourth-order valence-electron chi connectivity index (χ4n) is 7.80. The molecule has 3 aliphatic heterocycles. The molecule has 0 spiro atoms. The van der Waals surface area contributed by atoms with Crippen LogP contribution < -0.4 is 14.5 Å². The van der Waals surface area contributed by atoms with E-state index in [1.165, 1.54) is 67.2 Å². The van der Waals surface area contributed by atoms with E-state index in [0.29, 0.717) is 19.0 Å². The monoisotopic (exact) mass is 591 g/mol. The molecular formula is C36H45N7O. The summed E-state index contributed by atoms with van der Waals surface area (Å²) in [5, 5.41) is 12.1. The third-order valence-electron chi connectivity index (χ3n) is 10.3. The van der Waals surface area contributed by atoms with Crippen molar-refractivity contribution >= 4 is 22.3 Å². The van der Waals surface area contributed by atoms with Crippen molar-refractivity contribution in [2.45, 2.75) is 64.5 Å². The van der Waals surface area contributed by atoms with Gasteiger partial charge in [0.1, 0.15) is 5.82 Å². The van der Waals surface area contributed by atoms with Crippen molar-refractivity contribution in [2.75, 3.05) is 62.2 Å². The van der Waals surface area contributed by atoms with Gasteiger partial charge in [-0.05, 0) is 69.8 Å². The summed E-state index contributed by atoms with van der Waals surface area (Å²) in [6.45, 7) is 10.4. The third-order valence-corrected chi connectivity index (χ3v) is 10.3. The normalized spacial score (nSPS) is 21.8. The van der Waals surface area contributed by atoms with Crippen LogP contribution in [-0.2, 0) is 13.0 Å². The minimum Gasteiger partial charge on any atom is -0.463 e. The molecular weight excluding hydrogens is 546 g/mol. The largest absolute Gasteiger partial charge is 0.463 e. The molecule has 3 fully saturated rings. The number of likely N-dealkylation sites (tertiary alicyclic amines) is 1. The lowest BCUT2D eigenvalue weighted by Crippen LogP contribution is -2.51. The molecule has 8 heteroatoms. The van der Waals surface area contributed by atoms with Crippen molar-refractivity contribution in [3.05, 3.63) is 66.0 Å². The molecule has 0 radical (unpaired) electrons. The van der Waals surface area contributed by atoms with E-state index in [2.05, 4.69) is 80.4 Å². The molecule has 4 aliphatic rings. The highest BCUT2D eigenvalue weighted by Crippen LogP contribution is 2.43. The van der Waals surface area contributed by atoms with Gasteiger partial charge in [0.15, 0.2) is 0 Å². The van der Waals surface area contributed by atoms with Gasteiger partial charge in [-0.25, -0.2) is 0 Å². The van der Waals surface area contributed by atoms with Crippen LogP contribution in [0.5, 0.6) is 6.01 Å². The summed E-state index contributed by atoms with van der Waals surface area (Å²) in [4.78, 5) is 20.1. The maximum absolute atomic E-state index is 9.61. The van der Waals surface area contributed by atoms with Crippen LogP contribution in [0.4, 0.5) is 11.5 Å². The summed E-state index contributed by atoms with van der Waals surface area (Å²) in [5.41, 5.74) is 3.78. The Kier molecular flexibility index (Phi) is 8.31. The van der Waals surface area contributed by atoms with Gasteiger partial charge < -0.3 is 24.3 Å². The zero-order valence-corrected chi connectivity index (χ0v) is 26.1. The number of anilines is 2. The zero-order valence-electron chi connectivity index (χ0n) is 26.1. The fraction of sp³-hybridized carbons (Fsp3) is 0.528. The number of aromatic nitrogens is 2. The second-order valence-electron chi connectivity index (χ2n) is 13.2. The van der Waals surface area contributed by atoms with Crippen LogP contribution in [-0.4, -0.2) is 78.2 Å². The molecule has 0 amide bonds. The Bertz CT molecular complexity index is 1530. The van der Waals surface area contributed by atoms with Gasteiger partial charge in [-0.2, -0.15) is 15.2 Å². The van der Waals surface area contributed by atoms with Crippen LogP contribution in [0.15, 0.2) is 54.7 Å². The molecule has 1 aliphatic carbocycles. The topological polar surface area (TPSA) is 71.8 Å². The van der Waals surface area contributed by atoms with Crippen molar-refractivity contribution in [1.29, 1.82) is 5.26 Å². The summed E-state index contributed by atoms with van der Waals surface area (Å²) >= 11 is 0. The summed E-state index contributed by atoms with van der Waals surface area (Å²) < 4.78 is 6.60. The molecule has 3 aromatic rings. The van der Waals surface area contributed by atoms with Gasteiger partial charge in [-0.15, -0.1) is 0 Å². The molecule has 1 atom stereocenters. The summed E-state index contributed by atoms with van der Waals surface area (Å²) in [6.07, 6.45) is 11.9. The van der Waals surface area contributed by atoms with E-state index >= 15 is 0 Å². The summed E-state index contributed by atoms with van der Waals surface area (Å²) in [6, 6.07) is 18.3. The molecule has 0 N–H and O–H groups in total. The third kappa shape index (κ3) is 5.82. The highest BCUT2D eigenvalue weighted by Gasteiger charge is 2.40. The van der Waals surface area contributed by atoms with Gasteiger partial charge in [0.05, 0.1) is 37.4 Å². The lowest BCUT2D eigenvalue weighted by atomic mass is 9.69. The van der Waals surface area contributed by atoms with Crippen LogP contribution in [0.3, 0.4) is 0 Å². The van der Waals surface area contributed by atoms with Crippen molar-refractivity contribution in [3.63, 3.8) is 0 Å². The number of hydrogen-bond donors (Lipinski definition) is 0. The van der Waals surface area contributed by atoms with Crippen LogP contribution in [0.2, 0.25) is 0 Å². The highest BCUT2D eigenvalue weighted by molar-refractivity contribution is 5.94. The second-order valence-corrected chi connectivity index (χ2v) is 13.2. The standard InChI is InChI=1S/C36H45N7O/c1-2-18-41-22-23-43(24-29(41)13-17-37)34-31-14-21-42(33-12-7-10-28-9-3-4-11-30(28)33)25-32(31)38-35(39-34)44-27-36(15-8-16-36)26-40-19-5-6-20-40/h2-4,7,9-12,18,29H,5-6,8,13-16,19-27H2,1H3. The number of nitriles is 1. The van der Waals surface area contributed by atoms with E-state index in [1.807, 2.05) is 6.92 Å². The zero-order chi connectivity index (χ0) is 29.9. The van der Waals surface area contributed by atoms with Gasteiger partial charge >= 0.3 is 6.01 Å². The van der Waals surface area contributed by atoms with Gasteiger partial charge in [0, 0.05) is 54.8 Å². The minimum absolute atomic E-state index is 0.134. The van der Waals surface area contributed by atoms with Gasteiger partial charge in [-0.1, -0.05) is 48.9 Å². The average molecular weight is 592 g/mol. The molecule has 2 aromatic carbocycles. The lowest BCUT2D eigenvalue weighted by molar-refractivity contribution is 0.0208. The molecule has 1 saturated carbocycles.